The lowest BCUT2D eigenvalue weighted by Crippen LogP contribution is -1.88. The van der Waals surface area contributed by atoms with Crippen LogP contribution in [-0.2, 0) is 0 Å². The van der Waals surface area contributed by atoms with Gasteiger partial charge in [0.1, 0.15) is 5.82 Å². The van der Waals surface area contributed by atoms with Gasteiger partial charge in [0, 0.05) is 11.8 Å². The van der Waals surface area contributed by atoms with E-state index in [0.29, 0.717) is 0 Å². The third-order valence-electron chi connectivity index (χ3n) is 3.69. The van der Waals surface area contributed by atoms with Gasteiger partial charge < -0.3 is 0 Å². The Hall–Kier alpha value is -2.87. The molecule has 2 heteroatoms. The molecule has 2 aromatic carbocycles. The molecular formula is C19H14N2. The fourth-order valence-electron chi connectivity index (χ4n) is 2.60. The van der Waals surface area contributed by atoms with Gasteiger partial charge in [-0.1, -0.05) is 60.7 Å². The van der Waals surface area contributed by atoms with Crippen LogP contribution in [0.1, 0.15) is 0 Å². The third kappa shape index (κ3) is 2.11. The van der Waals surface area contributed by atoms with Crippen molar-refractivity contribution in [3.8, 4) is 22.5 Å². The van der Waals surface area contributed by atoms with E-state index in [4.69, 9.17) is 0 Å². The average molecular weight is 270 g/mol. The SMILES string of the molecule is c1ccc(-c2ccc(-c3ncc4ccccn34)cc2)cc1. The van der Waals surface area contributed by atoms with Crippen molar-refractivity contribution < 1.29 is 0 Å². The molecule has 2 aromatic heterocycles. The van der Waals surface area contributed by atoms with Crippen LogP contribution in [0.2, 0.25) is 0 Å². The summed E-state index contributed by atoms with van der Waals surface area (Å²) in [6.45, 7) is 0. The standard InChI is InChI=1S/C19H14N2/c1-2-6-15(7-3-1)16-9-11-17(12-10-16)19-20-14-18-8-4-5-13-21(18)19/h1-14H. The summed E-state index contributed by atoms with van der Waals surface area (Å²) in [5.74, 6) is 0.977. The first-order chi connectivity index (χ1) is 10.4. The number of aromatic nitrogens is 2. The first kappa shape index (κ1) is 11.9. The highest BCUT2D eigenvalue weighted by Crippen LogP contribution is 2.24. The molecule has 0 saturated carbocycles. The van der Waals surface area contributed by atoms with E-state index in [1.807, 2.05) is 30.6 Å². The van der Waals surface area contributed by atoms with E-state index in [-0.39, 0.29) is 0 Å². The summed E-state index contributed by atoms with van der Waals surface area (Å²) in [6.07, 6.45) is 3.95. The zero-order valence-corrected chi connectivity index (χ0v) is 11.5. The van der Waals surface area contributed by atoms with Gasteiger partial charge in [0.25, 0.3) is 0 Å². The summed E-state index contributed by atoms with van der Waals surface area (Å²) >= 11 is 0. The van der Waals surface area contributed by atoms with Crippen molar-refractivity contribution >= 4 is 5.52 Å². The molecule has 0 fully saturated rings. The average Bonchev–Trinajstić information content (AvgIpc) is 3.00. The van der Waals surface area contributed by atoms with Crippen LogP contribution in [-0.4, -0.2) is 9.38 Å². The van der Waals surface area contributed by atoms with Crippen LogP contribution in [0.25, 0.3) is 28.0 Å². The summed E-state index contributed by atoms with van der Waals surface area (Å²) in [5, 5.41) is 0. The Morgan fingerprint density at radius 2 is 1.29 bits per heavy atom. The number of hydrogen-bond donors (Lipinski definition) is 0. The molecule has 0 unspecified atom stereocenters. The van der Waals surface area contributed by atoms with Crippen LogP contribution in [0, 0.1) is 0 Å². The first-order valence-corrected chi connectivity index (χ1v) is 7.00. The highest BCUT2D eigenvalue weighted by Gasteiger charge is 2.05. The molecule has 0 aliphatic carbocycles. The molecule has 0 saturated heterocycles. The molecule has 0 radical (unpaired) electrons. The molecule has 0 bridgehead atoms. The van der Waals surface area contributed by atoms with Crippen molar-refractivity contribution in [2.75, 3.05) is 0 Å². The minimum atomic E-state index is 0.977. The molecule has 2 heterocycles. The highest BCUT2D eigenvalue weighted by atomic mass is 15.0. The lowest BCUT2D eigenvalue weighted by atomic mass is 10.0. The van der Waals surface area contributed by atoms with E-state index in [2.05, 4.69) is 64.0 Å². The van der Waals surface area contributed by atoms with E-state index in [1.54, 1.807) is 0 Å². The van der Waals surface area contributed by atoms with Crippen molar-refractivity contribution in [2.45, 2.75) is 0 Å². The van der Waals surface area contributed by atoms with E-state index < -0.39 is 0 Å². The van der Waals surface area contributed by atoms with Gasteiger partial charge >= 0.3 is 0 Å². The first-order valence-electron chi connectivity index (χ1n) is 7.00. The van der Waals surface area contributed by atoms with Gasteiger partial charge in [-0.05, 0) is 23.3 Å². The Balaban J connectivity index is 1.77. The second-order valence-electron chi connectivity index (χ2n) is 5.02. The molecule has 4 aromatic rings. The van der Waals surface area contributed by atoms with Gasteiger partial charge in [-0.15, -0.1) is 0 Å². The molecule has 100 valence electrons. The predicted molar refractivity (Wildman–Crippen MR) is 86.1 cm³/mol. The van der Waals surface area contributed by atoms with Crippen LogP contribution in [0.3, 0.4) is 0 Å². The third-order valence-corrected chi connectivity index (χ3v) is 3.69. The summed E-state index contributed by atoms with van der Waals surface area (Å²) in [7, 11) is 0. The Bertz CT molecular complexity index is 874. The van der Waals surface area contributed by atoms with Crippen molar-refractivity contribution in [1.29, 1.82) is 0 Å². The second-order valence-corrected chi connectivity index (χ2v) is 5.02. The summed E-state index contributed by atoms with van der Waals surface area (Å²) in [4.78, 5) is 4.53. The Kier molecular flexibility index (Phi) is 2.79. The smallest absolute Gasteiger partial charge is 0.144 e. The number of pyridine rings is 1. The molecule has 0 atom stereocenters. The van der Waals surface area contributed by atoms with Crippen molar-refractivity contribution in [3.05, 3.63) is 85.2 Å². The maximum atomic E-state index is 4.53. The van der Waals surface area contributed by atoms with E-state index >= 15 is 0 Å². The summed E-state index contributed by atoms with van der Waals surface area (Å²) in [6, 6.07) is 25.1. The van der Waals surface area contributed by atoms with Crippen LogP contribution < -0.4 is 0 Å². The fraction of sp³-hybridized carbons (Fsp3) is 0. The molecule has 0 amide bonds. The van der Waals surface area contributed by atoms with Crippen molar-refractivity contribution in [1.82, 2.24) is 9.38 Å². The Morgan fingerprint density at radius 3 is 2.10 bits per heavy atom. The van der Waals surface area contributed by atoms with Crippen molar-refractivity contribution in [2.24, 2.45) is 0 Å². The monoisotopic (exact) mass is 270 g/mol. The maximum Gasteiger partial charge on any atom is 0.144 e. The number of imidazole rings is 1. The quantitative estimate of drug-likeness (QED) is 0.517. The predicted octanol–water partition coefficient (Wildman–Crippen LogP) is 4.67. The number of hydrogen-bond acceptors (Lipinski definition) is 1. The summed E-state index contributed by atoms with van der Waals surface area (Å²) in [5.41, 5.74) is 4.69. The molecule has 0 aliphatic rings. The molecule has 4 rings (SSSR count). The number of nitrogens with zero attached hydrogens (tertiary/aromatic N) is 2. The van der Waals surface area contributed by atoms with Gasteiger partial charge in [-0.3, -0.25) is 4.40 Å². The van der Waals surface area contributed by atoms with Crippen molar-refractivity contribution in [3.63, 3.8) is 0 Å². The lowest BCUT2D eigenvalue weighted by Gasteiger charge is -2.04. The normalized spacial score (nSPS) is 10.9. The van der Waals surface area contributed by atoms with Crippen LogP contribution in [0.15, 0.2) is 85.2 Å². The van der Waals surface area contributed by atoms with E-state index in [0.717, 1.165) is 16.9 Å². The van der Waals surface area contributed by atoms with Crippen LogP contribution >= 0.6 is 0 Å². The van der Waals surface area contributed by atoms with Crippen LogP contribution in [0.4, 0.5) is 0 Å². The topological polar surface area (TPSA) is 17.3 Å². The molecule has 0 spiro atoms. The Labute approximate surface area is 123 Å². The van der Waals surface area contributed by atoms with Gasteiger partial charge in [-0.2, -0.15) is 0 Å². The summed E-state index contributed by atoms with van der Waals surface area (Å²) < 4.78 is 2.11. The lowest BCUT2D eigenvalue weighted by molar-refractivity contribution is 1.16. The van der Waals surface area contributed by atoms with Gasteiger partial charge in [0.2, 0.25) is 0 Å². The molecule has 2 nitrogen and oxygen atoms in total. The largest absolute Gasteiger partial charge is 0.300 e. The molecule has 0 aliphatic heterocycles. The number of fused-ring (bicyclic) bond motifs is 1. The van der Waals surface area contributed by atoms with Crippen LogP contribution in [0.5, 0.6) is 0 Å². The minimum Gasteiger partial charge on any atom is -0.300 e. The van der Waals surface area contributed by atoms with Gasteiger partial charge in [0.05, 0.1) is 11.7 Å². The van der Waals surface area contributed by atoms with E-state index in [9.17, 15) is 0 Å². The number of rotatable bonds is 2. The number of benzene rings is 2. The fourth-order valence-corrected chi connectivity index (χ4v) is 2.60. The maximum absolute atomic E-state index is 4.53. The minimum absolute atomic E-state index is 0.977. The zero-order valence-electron chi connectivity index (χ0n) is 11.5. The second kappa shape index (κ2) is 4.91. The Morgan fingerprint density at radius 1 is 0.619 bits per heavy atom. The zero-order chi connectivity index (χ0) is 14.1. The van der Waals surface area contributed by atoms with Gasteiger partial charge in [-0.25, -0.2) is 4.98 Å². The highest BCUT2D eigenvalue weighted by molar-refractivity contribution is 5.69. The molecular weight excluding hydrogens is 256 g/mol. The molecule has 0 N–H and O–H groups in total. The van der Waals surface area contributed by atoms with E-state index in [1.165, 1.54) is 11.1 Å². The molecule has 21 heavy (non-hydrogen) atoms. The van der Waals surface area contributed by atoms with Gasteiger partial charge in [0.15, 0.2) is 0 Å².